The van der Waals surface area contributed by atoms with Crippen molar-refractivity contribution in [3.63, 3.8) is 0 Å². The van der Waals surface area contributed by atoms with Gasteiger partial charge in [0.25, 0.3) is 10.1 Å². The first-order valence-corrected chi connectivity index (χ1v) is 16.1. The first-order chi connectivity index (χ1) is 19.5. The van der Waals surface area contributed by atoms with Crippen LogP contribution in [-0.2, 0) is 19.0 Å². The summed E-state index contributed by atoms with van der Waals surface area (Å²) < 4.78 is 38.5. The third-order valence-electron chi connectivity index (χ3n) is 8.30. The van der Waals surface area contributed by atoms with E-state index in [0.29, 0.717) is 19.0 Å². The minimum Gasteiger partial charge on any atom is -0.444 e. The summed E-state index contributed by atoms with van der Waals surface area (Å²) in [6, 6.07) is 13.4. The summed E-state index contributed by atoms with van der Waals surface area (Å²) >= 11 is 0. The molecule has 0 N–H and O–H groups in total. The van der Waals surface area contributed by atoms with Gasteiger partial charge in [-0.2, -0.15) is 13.5 Å². The Hall–Kier alpha value is -3.11. The molecular weight excluding hydrogens is 540 g/mol. The monoisotopic (exact) mass is 580 g/mol. The number of fused-ring (bicyclic) bond motifs is 1. The first kappa shape index (κ1) is 28.0. The van der Waals surface area contributed by atoms with Crippen molar-refractivity contribution in [3.05, 3.63) is 53.7 Å². The van der Waals surface area contributed by atoms with E-state index in [9.17, 15) is 13.2 Å². The summed E-state index contributed by atoms with van der Waals surface area (Å²) in [5.74, 6) is 0.662. The van der Waals surface area contributed by atoms with Crippen molar-refractivity contribution >= 4 is 32.8 Å². The van der Waals surface area contributed by atoms with Crippen LogP contribution in [0.1, 0.15) is 69.7 Å². The Balaban J connectivity index is 1.14. The molecular formula is C31H40N4O5S. The maximum absolute atomic E-state index is 12.6. The SMILES string of the molecule is Cc1ccc(S(=O)(=O)OCC2CC(n3nc(C4CC4)c4c(N5CCN(C(=O)OC(C)(C)C)CC5)cccc43)C2)cc1. The van der Waals surface area contributed by atoms with Gasteiger partial charge in [-0.3, -0.25) is 8.86 Å². The summed E-state index contributed by atoms with van der Waals surface area (Å²) in [4.78, 5) is 16.9. The Bertz CT molecular complexity index is 1520. The molecule has 1 saturated heterocycles. The van der Waals surface area contributed by atoms with Crippen LogP contribution in [0.25, 0.3) is 10.9 Å². The third kappa shape index (κ3) is 5.95. The van der Waals surface area contributed by atoms with Crippen molar-refractivity contribution in [1.29, 1.82) is 0 Å². The Morgan fingerprint density at radius 1 is 1.00 bits per heavy atom. The van der Waals surface area contributed by atoms with Crippen LogP contribution in [0.4, 0.5) is 10.5 Å². The Kier molecular flexibility index (Phi) is 7.26. The lowest BCUT2D eigenvalue weighted by Crippen LogP contribution is -2.50. The van der Waals surface area contributed by atoms with E-state index in [1.807, 2.05) is 27.7 Å². The highest BCUT2D eigenvalue weighted by atomic mass is 32.2. The van der Waals surface area contributed by atoms with Crippen molar-refractivity contribution in [2.45, 2.75) is 75.8 Å². The second-order valence-electron chi connectivity index (χ2n) is 12.8. The predicted octanol–water partition coefficient (Wildman–Crippen LogP) is 5.64. The molecule has 0 radical (unpaired) electrons. The first-order valence-electron chi connectivity index (χ1n) is 14.7. The number of aryl methyl sites for hydroxylation is 1. The fourth-order valence-electron chi connectivity index (χ4n) is 5.84. The predicted molar refractivity (Wildman–Crippen MR) is 158 cm³/mol. The van der Waals surface area contributed by atoms with E-state index in [0.717, 1.165) is 49.9 Å². The highest BCUT2D eigenvalue weighted by Crippen LogP contribution is 2.48. The average molecular weight is 581 g/mol. The maximum Gasteiger partial charge on any atom is 0.410 e. The molecule has 3 aliphatic rings. The molecule has 1 aliphatic heterocycles. The number of hydrogen-bond acceptors (Lipinski definition) is 7. The molecule has 220 valence electrons. The lowest BCUT2D eigenvalue weighted by Gasteiger charge is -2.37. The average Bonchev–Trinajstić information content (AvgIpc) is 3.68. The number of hydrogen-bond donors (Lipinski definition) is 0. The van der Waals surface area contributed by atoms with E-state index in [2.05, 4.69) is 27.8 Å². The second kappa shape index (κ2) is 10.6. The summed E-state index contributed by atoms with van der Waals surface area (Å²) in [7, 11) is -3.76. The number of anilines is 1. The number of carbonyl (C=O) groups excluding carboxylic acids is 1. The normalized spacial score (nSPS) is 21.7. The van der Waals surface area contributed by atoms with E-state index in [1.54, 1.807) is 29.2 Å². The van der Waals surface area contributed by atoms with Crippen molar-refractivity contribution in [2.75, 3.05) is 37.7 Å². The summed E-state index contributed by atoms with van der Waals surface area (Å²) in [6.45, 7) is 10.5. The van der Waals surface area contributed by atoms with Crippen LogP contribution in [0.2, 0.25) is 0 Å². The van der Waals surface area contributed by atoms with Gasteiger partial charge in [0.1, 0.15) is 5.60 Å². The van der Waals surface area contributed by atoms with E-state index in [4.69, 9.17) is 14.0 Å². The summed E-state index contributed by atoms with van der Waals surface area (Å²) in [5.41, 5.74) is 3.99. The molecule has 0 spiro atoms. The molecule has 9 nitrogen and oxygen atoms in total. The lowest BCUT2D eigenvalue weighted by molar-refractivity contribution is 0.0240. The molecule has 1 aromatic heterocycles. The van der Waals surface area contributed by atoms with Crippen molar-refractivity contribution in [2.24, 2.45) is 5.92 Å². The maximum atomic E-state index is 12.6. The van der Waals surface area contributed by atoms with Crippen LogP contribution >= 0.6 is 0 Å². The van der Waals surface area contributed by atoms with Crippen LogP contribution in [0.15, 0.2) is 47.4 Å². The van der Waals surface area contributed by atoms with E-state index in [-0.39, 0.29) is 29.6 Å². The minimum absolute atomic E-state index is 0.174. The van der Waals surface area contributed by atoms with E-state index < -0.39 is 15.7 Å². The number of benzene rings is 2. The number of ether oxygens (including phenoxy) is 1. The number of piperazine rings is 1. The molecule has 0 unspecified atom stereocenters. The molecule has 2 heterocycles. The zero-order chi connectivity index (χ0) is 28.9. The summed E-state index contributed by atoms with van der Waals surface area (Å²) in [5, 5.41) is 6.38. The van der Waals surface area contributed by atoms with Crippen molar-refractivity contribution in [1.82, 2.24) is 14.7 Å². The van der Waals surface area contributed by atoms with E-state index >= 15 is 0 Å². The van der Waals surface area contributed by atoms with Crippen molar-refractivity contribution < 1.29 is 22.1 Å². The number of amides is 1. The molecule has 1 amide bonds. The Labute approximate surface area is 242 Å². The van der Waals surface area contributed by atoms with Crippen molar-refractivity contribution in [3.8, 4) is 0 Å². The fraction of sp³-hybridized carbons (Fsp3) is 0.548. The zero-order valence-corrected chi connectivity index (χ0v) is 25.2. The van der Waals surface area contributed by atoms with Gasteiger partial charge in [-0.1, -0.05) is 23.8 Å². The van der Waals surface area contributed by atoms with Gasteiger partial charge in [0.15, 0.2) is 0 Å². The molecule has 6 rings (SSSR count). The van der Waals surface area contributed by atoms with Gasteiger partial charge in [-0.15, -0.1) is 0 Å². The second-order valence-corrected chi connectivity index (χ2v) is 14.4. The fourth-order valence-corrected chi connectivity index (χ4v) is 6.81. The minimum atomic E-state index is -3.76. The zero-order valence-electron chi connectivity index (χ0n) is 24.4. The highest BCUT2D eigenvalue weighted by molar-refractivity contribution is 7.86. The number of rotatable bonds is 7. The van der Waals surface area contributed by atoms with Gasteiger partial charge in [-0.05, 0) is 83.6 Å². The Morgan fingerprint density at radius 3 is 2.32 bits per heavy atom. The van der Waals surface area contributed by atoms with E-state index in [1.165, 1.54) is 16.8 Å². The smallest absolute Gasteiger partial charge is 0.410 e. The highest BCUT2D eigenvalue weighted by Gasteiger charge is 2.37. The quantitative estimate of drug-likeness (QED) is 0.334. The van der Waals surface area contributed by atoms with Gasteiger partial charge in [-0.25, -0.2) is 4.79 Å². The lowest BCUT2D eigenvalue weighted by atomic mass is 9.81. The van der Waals surface area contributed by atoms with Crippen LogP contribution < -0.4 is 4.90 Å². The third-order valence-corrected chi connectivity index (χ3v) is 9.60. The molecule has 41 heavy (non-hydrogen) atoms. The van der Waals surface area contributed by atoms with Gasteiger partial charge >= 0.3 is 6.09 Å². The number of nitrogens with zero attached hydrogens (tertiary/aromatic N) is 4. The molecule has 3 fully saturated rings. The molecule has 2 aliphatic carbocycles. The topological polar surface area (TPSA) is 94.0 Å². The summed E-state index contributed by atoms with van der Waals surface area (Å²) in [6.07, 6.45) is 3.74. The van der Waals surface area contributed by atoms with Crippen LogP contribution in [0.5, 0.6) is 0 Å². The van der Waals surface area contributed by atoms with Crippen LogP contribution in [-0.4, -0.2) is 67.6 Å². The number of carbonyl (C=O) groups is 1. The molecule has 2 aromatic carbocycles. The standard InChI is InChI=1S/C31H40N4O5S/c1-21-8-12-25(13-9-21)41(37,38)39-20-22-18-24(19-22)35-27-7-5-6-26(28(27)29(32-35)23-10-11-23)33-14-16-34(17-15-33)30(36)40-31(2,3)4/h5-9,12-13,22-24H,10-11,14-20H2,1-4H3. The Morgan fingerprint density at radius 2 is 1.68 bits per heavy atom. The molecule has 2 saturated carbocycles. The van der Waals surface area contributed by atoms with Gasteiger partial charge in [0.05, 0.1) is 28.8 Å². The molecule has 0 atom stereocenters. The van der Waals surface area contributed by atoms with Gasteiger partial charge < -0.3 is 14.5 Å². The molecule has 0 bridgehead atoms. The van der Waals surface area contributed by atoms with Crippen LogP contribution in [0, 0.1) is 12.8 Å². The van der Waals surface area contributed by atoms with Gasteiger partial charge in [0, 0.05) is 43.2 Å². The largest absolute Gasteiger partial charge is 0.444 e. The molecule has 10 heteroatoms. The molecule has 3 aromatic rings. The number of aromatic nitrogens is 2. The van der Waals surface area contributed by atoms with Crippen LogP contribution in [0.3, 0.4) is 0 Å². The van der Waals surface area contributed by atoms with Gasteiger partial charge in [0.2, 0.25) is 0 Å².